The van der Waals surface area contributed by atoms with Crippen LogP contribution in [0.1, 0.15) is 11.1 Å². The monoisotopic (exact) mass is 404 g/mol. The highest BCUT2D eigenvalue weighted by molar-refractivity contribution is 5.92. The Bertz CT molecular complexity index is 935. The van der Waals surface area contributed by atoms with Crippen LogP contribution in [-0.4, -0.2) is 43.8 Å². The Balaban J connectivity index is 1.35. The number of piperazine rings is 1. The summed E-state index contributed by atoms with van der Waals surface area (Å²) >= 11 is 0. The van der Waals surface area contributed by atoms with Crippen LogP contribution >= 0.6 is 0 Å². The fraction of sp³-hybridized carbons (Fsp3) is 0.286. The Morgan fingerprint density at radius 2 is 1.72 bits per heavy atom. The van der Waals surface area contributed by atoms with Crippen molar-refractivity contribution in [3.05, 3.63) is 59.7 Å². The van der Waals surface area contributed by atoms with Crippen LogP contribution in [0, 0.1) is 0 Å². The summed E-state index contributed by atoms with van der Waals surface area (Å²) in [5, 5.41) is 0. The highest BCUT2D eigenvalue weighted by atomic mass is 19.4. The molecule has 0 aliphatic carbocycles. The molecule has 152 valence electrons. The van der Waals surface area contributed by atoms with Gasteiger partial charge in [0.25, 0.3) is 0 Å². The van der Waals surface area contributed by atoms with E-state index in [1.807, 2.05) is 11.0 Å². The van der Waals surface area contributed by atoms with Crippen molar-refractivity contribution in [1.29, 1.82) is 0 Å². The third-order valence-corrected chi connectivity index (χ3v) is 4.94. The lowest BCUT2D eigenvalue weighted by Gasteiger charge is -2.35. The van der Waals surface area contributed by atoms with E-state index in [9.17, 15) is 18.0 Å². The first-order chi connectivity index (χ1) is 13.9. The van der Waals surface area contributed by atoms with Gasteiger partial charge in [-0.15, -0.1) is 0 Å². The van der Waals surface area contributed by atoms with Crippen molar-refractivity contribution in [2.45, 2.75) is 6.18 Å². The van der Waals surface area contributed by atoms with Crippen LogP contribution in [0.25, 0.3) is 6.08 Å². The van der Waals surface area contributed by atoms with Gasteiger partial charge in [0.2, 0.25) is 12.7 Å². The number of rotatable bonds is 3. The van der Waals surface area contributed by atoms with Crippen LogP contribution in [0.4, 0.5) is 18.9 Å². The number of ether oxygens (including phenoxy) is 2. The molecule has 0 N–H and O–H groups in total. The van der Waals surface area contributed by atoms with Crippen LogP contribution < -0.4 is 14.4 Å². The SMILES string of the molecule is O=C(C=Cc1ccc2c(c1)OCO2)N1CCN(c2cccc(C(F)(F)F)c2)CC1. The second kappa shape index (κ2) is 7.69. The Morgan fingerprint density at radius 3 is 2.48 bits per heavy atom. The van der Waals surface area contributed by atoms with Gasteiger partial charge in [0, 0.05) is 37.9 Å². The Hall–Kier alpha value is -3.16. The summed E-state index contributed by atoms with van der Waals surface area (Å²) in [6.07, 6.45) is -1.16. The van der Waals surface area contributed by atoms with Crippen LogP contribution in [-0.2, 0) is 11.0 Å². The summed E-state index contributed by atoms with van der Waals surface area (Å²) in [5.41, 5.74) is 0.674. The van der Waals surface area contributed by atoms with Gasteiger partial charge in [-0.05, 0) is 42.0 Å². The second-order valence-electron chi connectivity index (χ2n) is 6.81. The van der Waals surface area contributed by atoms with Crippen LogP contribution in [0.3, 0.4) is 0 Å². The smallest absolute Gasteiger partial charge is 0.416 e. The van der Waals surface area contributed by atoms with Gasteiger partial charge in [0.15, 0.2) is 11.5 Å². The van der Waals surface area contributed by atoms with Crippen molar-refractivity contribution in [2.75, 3.05) is 37.9 Å². The largest absolute Gasteiger partial charge is 0.454 e. The molecule has 1 fully saturated rings. The molecule has 5 nitrogen and oxygen atoms in total. The number of alkyl halides is 3. The van der Waals surface area contributed by atoms with Crippen molar-refractivity contribution < 1.29 is 27.4 Å². The Labute approximate surface area is 165 Å². The maximum atomic E-state index is 12.9. The Morgan fingerprint density at radius 1 is 0.966 bits per heavy atom. The predicted molar refractivity (Wildman–Crippen MR) is 102 cm³/mol. The zero-order valence-electron chi connectivity index (χ0n) is 15.5. The number of anilines is 1. The van der Waals surface area contributed by atoms with E-state index in [0.717, 1.165) is 17.7 Å². The average molecular weight is 404 g/mol. The molecule has 0 aromatic heterocycles. The van der Waals surface area contributed by atoms with Crippen molar-refractivity contribution >= 4 is 17.7 Å². The number of nitrogens with zero attached hydrogens (tertiary/aromatic N) is 2. The van der Waals surface area contributed by atoms with Gasteiger partial charge in [-0.2, -0.15) is 13.2 Å². The fourth-order valence-electron chi connectivity index (χ4n) is 3.35. The summed E-state index contributed by atoms with van der Waals surface area (Å²) in [6, 6.07) is 10.7. The summed E-state index contributed by atoms with van der Waals surface area (Å²) < 4.78 is 49.3. The van der Waals surface area contributed by atoms with E-state index in [1.54, 1.807) is 29.2 Å². The van der Waals surface area contributed by atoms with E-state index < -0.39 is 11.7 Å². The van der Waals surface area contributed by atoms with Gasteiger partial charge in [-0.1, -0.05) is 12.1 Å². The molecule has 0 bridgehead atoms. The minimum Gasteiger partial charge on any atom is -0.454 e. The van der Waals surface area contributed by atoms with E-state index in [-0.39, 0.29) is 12.7 Å². The molecule has 0 radical (unpaired) electrons. The van der Waals surface area contributed by atoms with E-state index in [0.29, 0.717) is 43.4 Å². The summed E-state index contributed by atoms with van der Waals surface area (Å²) in [6.45, 7) is 2.04. The van der Waals surface area contributed by atoms with Gasteiger partial charge in [0.1, 0.15) is 0 Å². The maximum Gasteiger partial charge on any atom is 0.416 e. The van der Waals surface area contributed by atoms with Gasteiger partial charge in [-0.3, -0.25) is 4.79 Å². The molecule has 2 aromatic carbocycles. The molecule has 0 saturated carbocycles. The number of carbonyl (C=O) groups excluding carboxylic acids is 1. The lowest BCUT2D eigenvalue weighted by Crippen LogP contribution is -2.48. The minimum absolute atomic E-state index is 0.133. The fourth-order valence-corrected chi connectivity index (χ4v) is 3.35. The molecule has 0 unspecified atom stereocenters. The predicted octanol–water partition coefficient (Wildman–Crippen LogP) is 3.80. The number of amides is 1. The number of halogens is 3. The molecule has 1 amide bonds. The van der Waals surface area contributed by atoms with E-state index >= 15 is 0 Å². The molecule has 2 aliphatic rings. The first-order valence-corrected chi connectivity index (χ1v) is 9.19. The molecular formula is C21H19F3N2O3. The molecule has 4 rings (SSSR count). The second-order valence-corrected chi connectivity index (χ2v) is 6.81. The number of hydrogen-bond acceptors (Lipinski definition) is 4. The molecule has 2 aromatic rings. The minimum atomic E-state index is -4.37. The van der Waals surface area contributed by atoms with Crippen molar-refractivity contribution in [1.82, 2.24) is 4.90 Å². The maximum absolute atomic E-state index is 12.9. The normalized spacial score (nSPS) is 16.5. The molecule has 2 heterocycles. The molecule has 8 heteroatoms. The number of carbonyl (C=O) groups is 1. The van der Waals surface area contributed by atoms with Gasteiger partial charge < -0.3 is 19.3 Å². The third-order valence-electron chi connectivity index (χ3n) is 4.94. The van der Waals surface area contributed by atoms with Crippen LogP contribution in [0.2, 0.25) is 0 Å². The lowest BCUT2D eigenvalue weighted by atomic mass is 10.1. The molecule has 0 atom stereocenters. The summed E-state index contributed by atoms with van der Waals surface area (Å²) in [5.74, 6) is 1.19. The van der Waals surface area contributed by atoms with Crippen molar-refractivity contribution in [2.24, 2.45) is 0 Å². The average Bonchev–Trinajstić information content (AvgIpc) is 3.19. The number of benzene rings is 2. The third kappa shape index (κ3) is 4.31. The van der Waals surface area contributed by atoms with Gasteiger partial charge in [-0.25, -0.2) is 0 Å². The van der Waals surface area contributed by atoms with E-state index in [4.69, 9.17) is 9.47 Å². The molecule has 1 saturated heterocycles. The standard InChI is InChI=1S/C21H19F3N2O3/c22-21(23,24)16-2-1-3-17(13-16)25-8-10-26(11-9-25)20(27)7-5-15-4-6-18-19(12-15)29-14-28-18/h1-7,12-13H,8-11,14H2. The first kappa shape index (κ1) is 19.2. The first-order valence-electron chi connectivity index (χ1n) is 9.19. The zero-order valence-corrected chi connectivity index (χ0v) is 15.5. The zero-order chi connectivity index (χ0) is 20.4. The Kier molecular flexibility index (Phi) is 5.08. The van der Waals surface area contributed by atoms with Crippen LogP contribution in [0.15, 0.2) is 48.5 Å². The lowest BCUT2D eigenvalue weighted by molar-refractivity contribution is -0.137. The molecular weight excluding hydrogens is 385 g/mol. The highest BCUT2D eigenvalue weighted by Crippen LogP contribution is 2.33. The number of fused-ring (bicyclic) bond motifs is 1. The van der Waals surface area contributed by atoms with E-state index in [1.165, 1.54) is 12.1 Å². The topological polar surface area (TPSA) is 42.0 Å². The number of hydrogen-bond donors (Lipinski definition) is 0. The van der Waals surface area contributed by atoms with Crippen molar-refractivity contribution in [3.8, 4) is 11.5 Å². The quantitative estimate of drug-likeness (QED) is 0.730. The summed E-state index contributed by atoms with van der Waals surface area (Å²) in [4.78, 5) is 16.0. The highest BCUT2D eigenvalue weighted by Gasteiger charge is 2.31. The van der Waals surface area contributed by atoms with Crippen LogP contribution in [0.5, 0.6) is 11.5 Å². The molecule has 0 spiro atoms. The van der Waals surface area contributed by atoms with Crippen molar-refractivity contribution in [3.63, 3.8) is 0 Å². The summed E-state index contributed by atoms with van der Waals surface area (Å²) in [7, 11) is 0. The van der Waals surface area contributed by atoms with E-state index in [2.05, 4.69) is 0 Å². The molecule has 2 aliphatic heterocycles. The molecule has 29 heavy (non-hydrogen) atoms. The van der Waals surface area contributed by atoms with Gasteiger partial charge in [0.05, 0.1) is 5.56 Å². The van der Waals surface area contributed by atoms with Gasteiger partial charge >= 0.3 is 6.18 Å².